The van der Waals surface area contributed by atoms with Gasteiger partial charge in [0.2, 0.25) is 0 Å². The Morgan fingerprint density at radius 2 is 2.46 bits per heavy atom. The second-order valence-corrected chi connectivity index (χ2v) is 2.45. The molecule has 0 spiro atoms. The summed E-state index contributed by atoms with van der Waals surface area (Å²) in [4.78, 5) is 16.1. The normalized spacial score (nSPS) is 13.4. The lowest BCUT2D eigenvalue weighted by molar-refractivity contribution is 0.255. The highest BCUT2D eigenvalue weighted by atomic mass is 16.5. The fourth-order valence-corrected chi connectivity index (χ4v) is 1.10. The summed E-state index contributed by atoms with van der Waals surface area (Å²) in [6.45, 7) is 0. The van der Waals surface area contributed by atoms with E-state index in [2.05, 4.69) is 4.98 Å². The molecule has 1 aromatic heterocycles. The van der Waals surface area contributed by atoms with Crippen molar-refractivity contribution in [2.24, 2.45) is 5.73 Å². The van der Waals surface area contributed by atoms with Crippen LogP contribution in [0.1, 0.15) is 0 Å². The summed E-state index contributed by atoms with van der Waals surface area (Å²) in [5, 5.41) is 0. The molecule has 0 aromatic carbocycles. The van der Waals surface area contributed by atoms with Gasteiger partial charge in [0.1, 0.15) is 6.26 Å². The number of carbonyl (C=O) groups is 1. The van der Waals surface area contributed by atoms with E-state index < -0.39 is 6.03 Å². The van der Waals surface area contributed by atoms with Crippen LogP contribution in [0.3, 0.4) is 0 Å². The number of aromatic nitrogens is 1. The van der Waals surface area contributed by atoms with Gasteiger partial charge in [-0.2, -0.15) is 0 Å². The number of anilines is 1. The number of nitrogens with two attached hydrogens (primary N) is 1. The molecule has 0 saturated heterocycles. The van der Waals surface area contributed by atoms with Crippen LogP contribution in [-0.4, -0.2) is 11.0 Å². The van der Waals surface area contributed by atoms with E-state index in [0.29, 0.717) is 11.4 Å². The monoisotopic (exact) mass is 177 g/mol. The van der Waals surface area contributed by atoms with Gasteiger partial charge in [0, 0.05) is 12.4 Å². The number of rotatable bonds is 0. The highest BCUT2D eigenvalue weighted by Gasteiger charge is 2.17. The Hall–Kier alpha value is -2.04. The van der Waals surface area contributed by atoms with Crippen LogP contribution in [0.15, 0.2) is 30.9 Å². The third-order valence-corrected chi connectivity index (χ3v) is 1.66. The number of hydrogen-bond donors (Lipinski definition) is 1. The molecule has 5 nitrogen and oxygen atoms in total. The van der Waals surface area contributed by atoms with Gasteiger partial charge < -0.3 is 10.5 Å². The summed E-state index contributed by atoms with van der Waals surface area (Å²) in [6.07, 6.45) is 5.94. The van der Waals surface area contributed by atoms with Crippen LogP contribution in [0.4, 0.5) is 10.5 Å². The van der Waals surface area contributed by atoms with Crippen molar-refractivity contribution in [1.29, 1.82) is 0 Å². The smallest absolute Gasteiger partial charge is 0.323 e. The number of fused-ring (bicyclic) bond motifs is 1. The Morgan fingerprint density at radius 1 is 1.62 bits per heavy atom. The van der Waals surface area contributed by atoms with Gasteiger partial charge in [0.05, 0.1) is 11.9 Å². The number of carbonyl (C=O) groups excluding carboxylic acids is 1. The lowest BCUT2D eigenvalue weighted by atomic mass is 10.3. The molecule has 1 aliphatic rings. The second kappa shape index (κ2) is 2.78. The highest BCUT2D eigenvalue weighted by Crippen LogP contribution is 2.29. The molecule has 1 aliphatic heterocycles. The van der Waals surface area contributed by atoms with E-state index in [-0.39, 0.29) is 0 Å². The zero-order valence-electron chi connectivity index (χ0n) is 6.68. The Kier molecular flexibility index (Phi) is 1.63. The molecule has 2 amide bonds. The zero-order valence-corrected chi connectivity index (χ0v) is 6.68. The first-order valence-corrected chi connectivity index (χ1v) is 3.65. The maximum absolute atomic E-state index is 10.9. The first-order valence-electron chi connectivity index (χ1n) is 3.65. The van der Waals surface area contributed by atoms with Crippen LogP contribution in [0, 0.1) is 0 Å². The summed E-state index contributed by atoms with van der Waals surface area (Å²) in [6, 6.07) is 1.11. The van der Waals surface area contributed by atoms with Crippen LogP contribution in [0.2, 0.25) is 0 Å². The lowest BCUT2D eigenvalue weighted by Crippen LogP contribution is -2.32. The van der Waals surface area contributed by atoms with Crippen molar-refractivity contribution in [3.63, 3.8) is 0 Å². The fourth-order valence-electron chi connectivity index (χ4n) is 1.10. The summed E-state index contributed by atoms with van der Waals surface area (Å²) >= 11 is 0. The molecule has 2 heterocycles. The van der Waals surface area contributed by atoms with Gasteiger partial charge in [-0.25, -0.2) is 4.79 Å². The molecule has 0 aliphatic carbocycles. The predicted octanol–water partition coefficient (Wildman–Crippen LogP) is 0.830. The Bertz CT molecular complexity index is 375. The molecular weight excluding hydrogens is 170 g/mol. The molecule has 2 N–H and O–H groups in total. The van der Waals surface area contributed by atoms with E-state index in [0.717, 1.165) is 0 Å². The van der Waals surface area contributed by atoms with Gasteiger partial charge >= 0.3 is 6.03 Å². The van der Waals surface area contributed by atoms with Crippen molar-refractivity contribution in [2.75, 3.05) is 4.90 Å². The Morgan fingerprint density at radius 3 is 3.23 bits per heavy atom. The van der Waals surface area contributed by atoms with Crippen molar-refractivity contribution in [1.82, 2.24) is 4.98 Å². The van der Waals surface area contributed by atoms with E-state index in [1.54, 1.807) is 12.3 Å². The van der Waals surface area contributed by atoms with Gasteiger partial charge in [0.15, 0.2) is 5.75 Å². The summed E-state index contributed by atoms with van der Waals surface area (Å²) < 4.78 is 5.11. The van der Waals surface area contributed by atoms with Crippen LogP contribution in [-0.2, 0) is 0 Å². The summed E-state index contributed by atoms with van der Waals surface area (Å²) in [5.41, 5.74) is 5.74. The topological polar surface area (TPSA) is 68.5 Å². The van der Waals surface area contributed by atoms with Crippen molar-refractivity contribution in [3.8, 4) is 5.75 Å². The SMILES string of the molecule is NC(=O)N1C=COc2cnccc21. The molecule has 2 rings (SSSR count). The first kappa shape index (κ1) is 7.60. The van der Waals surface area contributed by atoms with Crippen molar-refractivity contribution >= 4 is 11.7 Å². The molecule has 1 aromatic rings. The first-order chi connectivity index (χ1) is 6.29. The Labute approximate surface area is 74.4 Å². The van der Waals surface area contributed by atoms with Crippen molar-refractivity contribution in [2.45, 2.75) is 0 Å². The number of hydrogen-bond acceptors (Lipinski definition) is 3. The predicted molar refractivity (Wildman–Crippen MR) is 46.1 cm³/mol. The maximum atomic E-state index is 10.9. The highest BCUT2D eigenvalue weighted by molar-refractivity contribution is 5.94. The molecule has 0 atom stereocenters. The van der Waals surface area contributed by atoms with E-state index >= 15 is 0 Å². The third-order valence-electron chi connectivity index (χ3n) is 1.66. The second-order valence-electron chi connectivity index (χ2n) is 2.45. The van der Waals surface area contributed by atoms with E-state index in [1.807, 2.05) is 0 Å². The summed E-state index contributed by atoms with van der Waals surface area (Å²) in [7, 11) is 0. The molecule has 66 valence electrons. The van der Waals surface area contributed by atoms with E-state index in [1.165, 1.54) is 23.6 Å². The molecule has 0 unspecified atom stereocenters. The molecule has 13 heavy (non-hydrogen) atoms. The largest absolute Gasteiger partial charge is 0.460 e. The molecule has 0 radical (unpaired) electrons. The van der Waals surface area contributed by atoms with Crippen molar-refractivity contribution < 1.29 is 9.53 Å². The standard InChI is InChI=1S/C8H7N3O2/c9-8(12)11-3-4-13-7-5-10-2-1-6(7)11/h1-5H,(H2,9,12). The van der Waals surface area contributed by atoms with Crippen molar-refractivity contribution in [3.05, 3.63) is 30.9 Å². The minimum Gasteiger partial charge on any atom is -0.460 e. The van der Waals surface area contributed by atoms with Crippen LogP contribution in [0.5, 0.6) is 5.75 Å². The van der Waals surface area contributed by atoms with Gasteiger partial charge in [-0.1, -0.05) is 0 Å². The van der Waals surface area contributed by atoms with Gasteiger partial charge in [-0.15, -0.1) is 0 Å². The maximum Gasteiger partial charge on any atom is 0.323 e. The third kappa shape index (κ3) is 1.20. The minimum atomic E-state index is -0.549. The van der Waals surface area contributed by atoms with E-state index in [4.69, 9.17) is 10.5 Å². The molecule has 0 bridgehead atoms. The van der Waals surface area contributed by atoms with Crippen LogP contribution >= 0.6 is 0 Å². The van der Waals surface area contributed by atoms with Gasteiger partial charge in [-0.3, -0.25) is 9.88 Å². The average Bonchev–Trinajstić information content (AvgIpc) is 2.17. The number of amides is 2. The quantitative estimate of drug-likeness (QED) is 0.638. The molecule has 5 heteroatoms. The van der Waals surface area contributed by atoms with E-state index in [9.17, 15) is 4.79 Å². The average molecular weight is 177 g/mol. The number of pyridine rings is 1. The number of primary amides is 1. The van der Waals surface area contributed by atoms with Gasteiger partial charge in [-0.05, 0) is 6.07 Å². The van der Waals surface area contributed by atoms with Gasteiger partial charge in [0.25, 0.3) is 0 Å². The van der Waals surface area contributed by atoms with Crippen LogP contribution < -0.4 is 15.4 Å². The van der Waals surface area contributed by atoms with Crippen LogP contribution in [0.25, 0.3) is 0 Å². The number of ether oxygens (including phenoxy) is 1. The lowest BCUT2D eigenvalue weighted by Gasteiger charge is -2.21. The molecule has 0 saturated carbocycles. The Balaban J connectivity index is 2.48. The number of nitrogens with zero attached hydrogens (tertiary/aromatic N) is 2. The minimum absolute atomic E-state index is 0.517. The molecular formula is C8H7N3O2. The molecule has 0 fully saturated rings. The zero-order chi connectivity index (χ0) is 9.26. The summed E-state index contributed by atoms with van der Waals surface area (Å²) in [5.74, 6) is 0.517. The fraction of sp³-hybridized carbons (Fsp3) is 0. The number of urea groups is 1.